The Kier molecular flexibility index (Phi) is 4.56. The minimum Gasteiger partial charge on any atom is -0.370 e. The molecule has 3 aromatic rings. The van der Waals surface area contributed by atoms with Crippen molar-refractivity contribution in [3.05, 3.63) is 47.8 Å². The molecule has 0 aliphatic rings. The smallest absolute Gasteiger partial charge is 0.165 e. The maximum Gasteiger partial charge on any atom is 0.165 e. The van der Waals surface area contributed by atoms with E-state index < -0.39 is 0 Å². The van der Waals surface area contributed by atoms with Crippen LogP contribution in [0.15, 0.2) is 36.4 Å². The molecule has 0 aliphatic heterocycles. The van der Waals surface area contributed by atoms with Gasteiger partial charge in [-0.15, -0.1) is 0 Å². The van der Waals surface area contributed by atoms with Crippen LogP contribution in [0.3, 0.4) is 0 Å². The molecule has 0 saturated carbocycles. The van der Waals surface area contributed by atoms with Gasteiger partial charge in [-0.3, -0.25) is 0 Å². The van der Waals surface area contributed by atoms with Gasteiger partial charge in [0.05, 0.1) is 5.69 Å². The van der Waals surface area contributed by atoms with E-state index in [9.17, 15) is 0 Å². The first-order valence-electron chi connectivity index (χ1n) is 8.67. The molecule has 1 N–H and O–H groups in total. The first-order chi connectivity index (χ1) is 11.5. The number of hydrogen-bond donors (Lipinski definition) is 1. The number of nitrogens with zero attached hydrogens (tertiary/aromatic N) is 3. The van der Waals surface area contributed by atoms with Crippen molar-refractivity contribution in [2.24, 2.45) is 5.92 Å². The van der Waals surface area contributed by atoms with E-state index in [4.69, 9.17) is 10.1 Å². The topological polar surface area (TPSA) is 42.2 Å². The molecular formula is C20H26N4. The highest BCUT2D eigenvalue weighted by Gasteiger charge is 2.17. The predicted octanol–water partition coefficient (Wildman–Crippen LogP) is 4.90. The molecule has 0 fully saturated rings. The van der Waals surface area contributed by atoms with Crippen molar-refractivity contribution in [1.29, 1.82) is 0 Å². The summed E-state index contributed by atoms with van der Waals surface area (Å²) < 4.78 is 1.95. The van der Waals surface area contributed by atoms with Crippen LogP contribution in [0.4, 0.5) is 5.82 Å². The van der Waals surface area contributed by atoms with Crippen molar-refractivity contribution in [1.82, 2.24) is 14.6 Å². The molecule has 2 heterocycles. The molecule has 0 spiro atoms. The molecule has 3 rings (SSSR count). The van der Waals surface area contributed by atoms with E-state index in [1.165, 1.54) is 0 Å². The van der Waals surface area contributed by atoms with Gasteiger partial charge in [-0.2, -0.15) is 9.61 Å². The quantitative estimate of drug-likeness (QED) is 0.727. The lowest BCUT2D eigenvalue weighted by Crippen LogP contribution is -2.13. The Labute approximate surface area is 143 Å². The first kappa shape index (κ1) is 16.5. The fraction of sp³-hybridized carbons (Fsp3) is 0.400. The van der Waals surface area contributed by atoms with Crippen molar-refractivity contribution in [3.8, 4) is 11.1 Å². The van der Waals surface area contributed by atoms with Crippen LogP contribution in [0, 0.1) is 12.8 Å². The van der Waals surface area contributed by atoms with Crippen LogP contribution in [-0.4, -0.2) is 21.1 Å². The van der Waals surface area contributed by atoms with Crippen LogP contribution >= 0.6 is 0 Å². The van der Waals surface area contributed by atoms with Gasteiger partial charge in [0, 0.05) is 23.9 Å². The molecule has 0 bridgehead atoms. The van der Waals surface area contributed by atoms with Gasteiger partial charge in [0.2, 0.25) is 0 Å². The number of hydrogen-bond acceptors (Lipinski definition) is 3. The lowest BCUT2D eigenvalue weighted by Gasteiger charge is -2.14. The molecule has 24 heavy (non-hydrogen) atoms. The Bertz CT molecular complexity index is 832. The predicted molar refractivity (Wildman–Crippen MR) is 101 cm³/mol. The van der Waals surface area contributed by atoms with Crippen LogP contribution in [-0.2, 0) is 0 Å². The Hall–Kier alpha value is -2.36. The highest BCUT2D eigenvalue weighted by Crippen LogP contribution is 2.30. The average Bonchev–Trinajstić information content (AvgIpc) is 2.89. The number of anilines is 1. The summed E-state index contributed by atoms with van der Waals surface area (Å²) in [7, 11) is 0. The average molecular weight is 322 g/mol. The second-order valence-electron chi connectivity index (χ2n) is 7.06. The zero-order valence-corrected chi connectivity index (χ0v) is 15.2. The van der Waals surface area contributed by atoms with Gasteiger partial charge in [-0.05, 0) is 24.3 Å². The number of aryl methyl sites for hydroxylation is 1. The van der Waals surface area contributed by atoms with E-state index in [1.54, 1.807) is 0 Å². The molecule has 0 radical (unpaired) electrons. The maximum atomic E-state index is 4.92. The highest BCUT2D eigenvalue weighted by atomic mass is 15.3. The van der Waals surface area contributed by atoms with Crippen molar-refractivity contribution in [3.63, 3.8) is 0 Å². The summed E-state index contributed by atoms with van der Waals surface area (Å²) in [5, 5.41) is 8.29. The zero-order valence-electron chi connectivity index (χ0n) is 15.2. The maximum absolute atomic E-state index is 4.92. The molecular weight excluding hydrogens is 296 g/mol. The number of rotatable bonds is 5. The minimum absolute atomic E-state index is 0.369. The summed E-state index contributed by atoms with van der Waals surface area (Å²) in [6.45, 7) is 11.7. The normalized spacial score (nSPS) is 11.6. The van der Waals surface area contributed by atoms with Crippen molar-refractivity contribution < 1.29 is 0 Å². The van der Waals surface area contributed by atoms with E-state index in [1.807, 2.05) is 10.6 Å². The lowest BCUT2D eigenvalue weighted by atomic mass is 10.1. The summed E-state index contributed by atoms with van der Waals surface area (Å²) >= 11 is 0. The van der Waals surface area contributed by atoms with Crippen LogP contribution in [0.2, 0.25) is 0 Å². The van der Waals surface area contributed by atoms with Gasteiger partial charge in [0.1, 0.15) is 5.82 Å². The molecule has 1 aromatic carbocycles. The molecule has 0 unspecified atom stereocenters. The number of aromatic nitrogens is 3. The van der Waals surface area contributed by atoms with Crippen LogP contribution in [0.1, 0.15) is 45.0 Å². The Balaban J connectivity index is 2.22. The number of nitrogens with one attached hydrogen (secondary N) is 1. The fourth-order valence-corrected chi connectivity index (χ4v) is 2.82. The SMILES string of the molecule is Cc1nn2c(NCC(C)C)cc(C(C)C)nc2c1-c1ccccc1. The van der Waals surface area contributed by atoms with Crippen LogP contribution in [0.5, 0.6) is 0 Å². The van der Waals surface area contributed by atoms with Crippen molar-refractivity contribution in [2.45, 2.75) is 40.5 Å². The molecule has 4 nitrogen and oxygen atoms in total. The van der Waals surface area contributed by atoms with Crippen LogP contribution < -0.4 is 5.32 Å². The monoisotopic (exact) mass is 322 g/mol. The van der Waals surface area contributed by atoms with Gasteiger partial charge >= 0.3 is 0 Å². The molecule has 0 aliphatic carbocycles. The van der Waals surface area contributed by atoms with Crippen molar-refractivity contribution >= 4 is 11.5 Å². The van der Waals surface area contributed by atoms with E-state index in [0.717, 1.165) is 40.5 Å². The van der Waals surface area contributed by atoms with Crippen molar-refractivity contribution in [2.75, 3.05) is 11.9 Å². The van der Waals surface area contributed by atoms with Gasteiger partial charge in [0.25, 0.3) is 0 Å². The fourth-order valence-electron chi connectivity index (χ4n) is 2.82. The third-order valence-electron chi connectivity index (χ3n) is 4.13. The highest BCUT2D eigenvalue weighted by molar-refractivity contribution is 5.80. The summed E-state index contributed by atoms with van der Waals surface area (Å²) in [5.74, 6) is 1.96. The second kappa shape index (κ2) is 6.63. The van der Waals surface area contributed by atoms with E-state index in [-0.39, 0.29) is 0 Å². The summed E-state index contributed by atoms with van der Waals surface area (Å²) in [6.07, 6.45) is 0. The second-order valence-corrected chi connectivity index (χ2v) is 7.06. The molecule has 4 heteroatoms. The van der Waals surface area contributed by atoms with Gasteiger partial charge in [-0.25, -0.2) is 4.98 Å². The Morgan fingerprint density at radius 2 is 1.79 bits per heavy atom. The third-order valence-corrected chi connectivity index (χ3v) is 4.13. The first-order valence-corrected chi connectivity index (χ1v) is 8.67. The van der Waals surface area contributed by atoms with E-state index in [2.05, 4.69) is 70.3 Å². The summed E-state index contributed by atoms with van der Waals surface area (Å²) in [6, 6.07) is 12.5. The molecule has 126 valence electrons. The molecule has 0 saturated heterocycles. The Morgan fingerprint density at radius 3 is 2.42 bits per heavy atom. The van der Waals surface area contributed by atoms with Crippen LogP contribution in [0.25, 0.3) is 16.8 Å². The van der Waals surface area contributed by atoms with Gasteiger partial charge in [0.15, 0.2) is 5.65 Å². The van der Waals surface area contributed by atoms with Gasteiger partial charge < -0.3 is 5.32 Å². The van der Waals surface area contributed by atoms with E-state index in [0.29, 0.717) is 11.8 Å². The lowest BCUT2D eigenvalue weighted by molar-refractivity contribution is 0.682. The summed E-state index contributed by atoms with van der Waals surface area (Å²) in [4.78, 5) is 4.92. The molecule has 2 aromatic heterocycles. The van der Waals surface area contributed by atoms with Gasteiger partial charge in [-0.1, -0.05) is 58.0 Å². The molecule has 0 atom stereocenters. The molecule has 0 amide bonds. The number of fused-ring (bicyclic) bond motifs is 1. The standard InChI is InChI=1S/C20H26N4/c1-13(2)12-21-18-11-17(14(3)4)22-20-19(15(5)23-24(18)20)16-9-7-6-8-10-16/h6-11,13-14,21H,12H2,1-5H3. The van der Waals surface area contributed by atoms with E-state index >= 15 is 0 Å². The zero-order chi connectivity index (χ0) is 17.3. The number of benzene rings is 1. The minimum atomic E-state index is 0.369. The largest absolute Gasteiger partial charge is 0.370 e. The summed E-state index contributed by atoms with van der Waals surface area (Å²) in [5.41, 5.74) is 5.29. The Morgan fingerprint density at radius 1 is 1.08 bits per heavy atom. The third kappa shape index (κ3) is 3.14.